The first-order valence-corrected chi connectivity index (χ1v) is 8.95. The highest BCUT2D eigenvalue weighted by atomic mass is 16.4. The van der Waals surface area contributed by atoms with E-state index in [1.165, 1.54) is 89.9 Å². The number of allylic oxidation sites excluding steroid dienone is 1. The molecule has 0 unspecified atom stereocenters. The second-order valence-electron chi connectivity index (χ2n) is 5.84. The lowest BCUT2D eigenvalue weighted by molar-refractivity contribution is -0.134. The first kappa shape index (κ1) is 22.5. The van der Waals surface area contributed by atoms with Crippen LogP contribution in [0.5, 0.6) is 0 Å². The van der Waals surface area contributed by atoms with Crippen LogP contribution >= 0.6 is 0 Å². The number of unbranched alkanes of at least 4 members (excludes halogenated alkanes) is 13. The highest BCUT2D eigenvalue weighted by Crippen LogP contribution is 2.12. The minimum atomic E-state index is -0.833. The Labute approximate surface area is 133 Å². The van der Waals surface area contributed by atoms with Gasteiger partial charge in [0.15, 0.2) is 0 Å². The standard InChI is InChI=1S/C17H34.C2H4O2/c1-3-5-7-9-11-13-15-17-16-14-12-10-8-6-4-2;1-2(3)4/h3H,1,4-17H2,2H3;1H3,(H,3,4). The van der Waals surface area contributed by atoms with Crippen molar-refractivity contribution in [3.8, 4) is 0 Å². The van der Waals surface area contributed by atoms with Crippen LogP contribution in [0.3, 0.4) is 0 Å². The van der Waals surface area contributed by atoms with E-state index in [0.717, 1.165) is 6.92 Å². The molecule has 0 aromatic heterocycles. The minimum absolute atomic E-state index is 0.833. The molecule has 2 nitrogen and oxygen atoms in total. The minimum Gasteiger partial charge on any atom is -0.481 e. The topological polar surface area (TPSA) is 37.3 Å². The first-order valence-electron chi connectivity index (χ1n) is 8.95. The van der Waals surface area contributed by atoms with E-state index < -0.39 is 5.97 Å². The number of carboxylic acid groups (broad SMARTS) is 1. The normalized spacial score (nSPS) is 9.81. The number of rotatable bonds is 14. The van der Waals surface area contributed by atoms with Crippen LogP contribution in [0, 0.1) is 0 Å². The van der Waals surface area contributed by atoms with Crippen molar-refractivity contribution in [1.29, 1.82) is 0 Å². The molecule has 0 heterocycles. The third-order valence-electron chi connectivity index (χ3n) is 3.51. The Morgan fingerprint density at radius 2 is 1.10 bits per heavy atom. The third-order valence-corrected chi connectivity index (χ3v) is 3.51. The molecule has 0 aliphatic carbocycles. The number of aliphatic carboxylic acids is 1. The highest BCUT2D eigenvalue weighted by molar-refractivity contribution is 5.62. The van der Waals surface area contributed by atoms with Crippen molar-refractivity contribution in [2.45, 2.75) is 104 Å². The van der Waals surface area contributed by atoms with Crippen molar-refractivity contribution in [2.75, 3.05) is 0 Å². The molecule has 0 amide bonds. The third kappa shape index (κ3) is 32.6. The van der Waals surface area contributed by atoms with E-state index in [9.17, 15) is 0 Å². The Hall–Kier alpha value is -0.790. The average molecular weight is 299 g/mol. The van der Waals surface area contributed by atoms with E-state index in [1.807, 2.05) is 6.08 Å². The maximum Gasteiger partial charge on any atom is 0.300 e. The fraction of sp³-hybridized carbons (Fsp3) is 0.842. The molecular weight excluding hydrogens is 260 g/mol. The fourth-order valence-electron chi connectivity index (χ4n) is 2.31. The molecule has 0 bridgehead atoms. The highest BCUT2D eigenvalue weighted by Gasteiger charge is 1.93. The van der Waals surface area contributed by atoms with Crippen molar-refractivity contribution in [3.63, 3.8) is 0 Å². The van der Waals surface area contributed by atoms with Gasteiger partial charge in [0, 0.05) is 6.92 Å². The molecule has 0 radical (unpaired) electrons. The van der Waals surface area contributed by atoms with Crippen molar-refractivity contribution in [3.05, 3.63) is 12.7 Å². The number of carbonyl (C=O) groups is 1. The molecule has 0 aliphatic heterocycles. The quantitative estimate of drug-likeness (QED) is 0.284. The van der Waals surface area contributed by atoms with Gasteiger partial charge in [0.05, 0.1) is 0 Å². The van der Waals surface area contributed by atoms with Gasteiger partial charge in [-0.25, -0.2) is 0 Å². The predicted molar refractivity (Wildman–Crippen MR) is 93.8 cm³/mol. The van der Waals surface area contributed by atoms with E-state index in [1.54, 1.807) is 0 Å². The fourth-order valence-corrected chi connectivity index (χ4v) is 2.31. The summed E-state index contributed by atoms with van der Waals surface area (Å²) >= 11 is 0. The molecule has 1 N–H and O–H groups in total. The van der Waals surface area contributed by atoms with Gasteiger partial charge in [-0.1, -0.05) is 90.0 Å². The Balaban J connectivity index is 0. The van der Waals surface area contributed by atoms with E-state index >= 15 is 0 Å². The zero-order valence-corrected chi connectivity index (χ0v) is 14.5. The summed E-state index contributed by atoms with van der Waals surface area (Å²) in [4.78, 5) is 9.00. The molecule has 0 rings (SSSR count). The van der Waals surface area contributed by atoms with Gasteiger partial charge >= 0.3 is 0 Å². The van der Waals surface area contributed by atoms with E-state index in [2.05, 4.69) is 13.5 Å². The lowest BCUT2D eigenvalue weighted by Crippen LogP contribution is -1.82. The van der Waals surface area contributed by atoms with Gasteiger partial charge in [-0.15, -0.1) is 6.58 Å². The summed E-state index contributed by atoms with van der Waals surface area (Å²) in [6.45, 7) is 7.13. The number of hydrogen-bond acceptors (Lipinski definition) is 1. The maximum absolute atomic E-state index is 9.00. The summed E-state index contributed by atoms with van der Waals surface area (Å²) in [5, 5.41) is 7.42. The van der Waals surface area contributed by atoms with Gasteiger partial charge in [0.2, 0.25) is 0 Å². The van der Waals surface area contributed by atoms with Crippen LogP contribution in [-0.4, -0.2) is 11.1 Å². The molecule has 0 saturated heterocycles. The molecule has 0 spiro atoms. The van der Waals surface area contributed by atoms with Gasteiger partial charge in [-0.2, -0.15) is 0 Å². The molecule has 0 saturated carbocycles. The van der Waals surface area contributed by atoms with Gasteiger partial charge in [-0.3, -0.25) is 4.79 Å². The smallest absolute Gasteiger partial charge is 0.300 e. The monoisotopic (exact) mass is 298 g/mol. The molecule has 126 valence electrons. The molecule has 21 heavy (non-hydrogen) atoms. The molecule has 0 fully saturated rings. The van der Waals surface area contributed by atoms with Gasteiger partial charge in [-0.05, 0) is 12.8 Å². The summed E-state index contributed by atoms with van der Waals surface area (Å²) in [5.41, 5.74) is 0. The van der Waals surface area contributed by atoms with Gasteiger partial charge < -0.3 is 5.11 Å². The summed E-state index contributed by atoms with van der Waals surface area (Å²) < 4.78 is 0. The number of carboxylic acids is 1. The van der Waals surface area contributed by atoms with Crippen molar-refractivity contribution >= 4 is 5.97 Å². The summed E-state index contributed by atoms with van der Waals surface area (Å²) in [5.74, 6) is -0.833. The molecular formula is C19H38O2. The lowest BCUT2D eigenvalue weighted by atomic mass is 10.0. The summed E-state index contributed by atoms with van der Waals surface area (Å²) in [6, 6.07) is 0. The molecule has 0 aromatic rings. The van der Waals surface area contributed by atoms with Crippen LogP contribution in [0.4, 0.5) is 0 Å². The molecule has 0 atom stereocenters. The Morgan fingerprint density at radius 3 is 1.38 bits per heavy atom. The second-order valence-corrected chi connectivity index (χ2v) is 5.84. The Bertz CT molecular complexity index is 208. The van der Waals surface area contributed by atoms with Crippen LogP contribution in [0.25, 0.3) is 0 Å². The molecule has 0 aromatic carbocycles. The van der Waals surface area contributed by atoms with Gasteiger partial charge in [0.1, 0.15) is 0 Å². The average Bonchev–Trinajstić information content (AvgIpc) is 2.43. The Kier molecular flexibility index (Phi) is 23.0. The predicted octanol–water partition coefficient (Wildman–Crippen LogP) is 6.74. The summed E-state index contributed by atoms with van der Waals surface area (Å²) in [7, 11) is 0. The largest absolute Gasteiger partial charge is 0.481 e. The van der Waals surface area contributed by atoms with E-state index in [-0.39, 0.29) is 0 Å². The van der Waals surface area contributed by atoms with Crippen LogP contribution in [0.15, 0.2) is 12.7 Å². The van der Waals surface area contributed by atoms with Crippen LogP contribution in [0.1, 0.15) is 104 Å². The molecule has 0 aliphatic rings. The van der Waals surface area contributed by atoms with Crippen molar-refractivity contribution in [1.82, 2.24) is 0 Å². The zero-order chi connectivity index (χ0) is 16.2. The zero-order valence-electron chi connectivity index (χ0n) is 14.5. The van der Waals surface area contributed by atoms with Crippen molar-refractivity contribution in [2.24, 2.45) is 0 Å². The van der Waals surface area contributed by atoms with Crippen LogP contribution < -0.4 is 0 Å². The van der Waals surface area contributed by atoms with E-state index in [4.69, 9.17) is 9.90 Å². The second kappa shape index (κ2) is 21.5. The first-order chi connectivity index (χ1) is 10.1. The number of hydrogen-bond donors (Lipinski definition) is 1. The Morgan fingerprint density at radius 1 is 0.810 bits per heavy atom. The van der Waals surface area contributed by atoms with E-state index in [0.29, 0.717) is 0 Å². The van der Waals surface area contributed by atoms with Gasteiger partial charge in [0.25, 0.3) is 5.97 Å². The SMILES string of the molecule is C=CCCCCCCCCCCCCCCC.CC(=O)O. The van der Waals surface area contributed by atoms with Crippen LogP contribution in [-0.2, 0) is 4.79 Å². The van der Waals surface area contributed by atoms with Crippen LogP contribution in [0.2, 0.25) is 0 Å². The maximum atomic E-state index is 9.00. The van der Waals surface area contributed by atoms with Crippen molar-refractivity contribution < 1.29 is 9.90 Å². The molecule has 2 heteroatoms. The lowest BCUT2D eigenvalue weighted by Gasteiger charge is -2.02. The summed E-state index contributed by atoms with van der Waals surface area (Å²) in [6.07, 6.45) is 22.0.